The Morgan fingerprint density at radius 1 is 1.05 bits per heavy atom. The molecule has 2 aromatic rings. The molecule has 2 aromatic carbocycles. The van der Waals surface area contributed by atoms with Crippen molar-refractivity contribution in [1.82, 2.24) is 0 Å². The molecule has 0 aliphatic heterocycles. The minimum absolute atomic E-state index is 0.262. The zero-order valence-corrected chi connectivity index (χ0v) is 12.8. The van der Waals surface area contributed by atoms with Crippen molar-refractivity contribution in [2.45, 2.75) is 6.92 Å². The second-order valence-corrected chi connectivity index (χ2v) is 4.91. The van der Waals surface area contributed by atoms with E-state index in [9.17, 15) is 4.79 Å². The van der Waals surface area contributed by atoms with Crippen LogP contribution in [0.5, 0.6) is 11.5 Å². The maximum atomic E-state index is 12.3. The molecule has 0 radical (unpaired) electrons. The van der Waals surface area contributed by atoms with Crippen molar-refractivity contribution >= 4 is 23.2 Å². The third-order valence-electron chi connectivity index (χ3n) is 3.02. The lowest BCUT2D eigenvalue weighted by Crippen LogP contribution is -2.12. The monoisotopic (exact) mass is 305 g/mol. The fourth-order valence-corrected chi connectivity index (χ4v) is 2.18. The molecule has 0 spiro atoms. The number of halogens is 1. The molecule has 0 unspecified atom stereocenters. The topological polar surface area (TPSA) is 47.6 Å². The molecular weight excluding hydrogens is 290 g/mol. The highest BCUT2D eigenvalue weighted by Crippen LogP contribution is 2.28. The molecule has 5 heteroatoms. The van der Waals surface area contributed by atoms with Crippen molar-refractivity contribution in [3.05, 3.63) is 52.5 Å². The van der Waals surface area contributed by atoms with Gasteiger partial charge in [-0.05, 0) is 42.8 Å². The highest BCUT2D eigenvalue weighted by atomic mass is 35.5. The van der Waals surface area contributed by atoms with Crippen LogP contribution in [0.3, 0.4) is 0 Å². The number of methoxy groups -OCH3 is 2. The number of carbonyl (C=O) groups excluding carboxylic acids is 1. The summed E-state index contributed by atoms with van der Waals surface area (Å²) in [5.41, 5.74) is 2.07. The molecule has 0 bridgehead atoms. The molecular formula is C16H16ClNO3. The van der Waals surface area contributed by atoms with Crippen LogP contribution in [0.2, 0.25) is 5.02 Å². The number of nitrogens with one attached hydrogen (secondary N) is 1. The Kier molecular flexibility index (Phi) is 4.70. The molecule has 0 atom stereocenters. The maximum Gasteiger partial charge on any atom is 0.255 e. The van der Waals surface area contributed by atoms with Gasteiger partial charge in [-0.1, -0.05) is 17.7 Å². The van der Waals surface area contributed by atoms with Crippen LogP contribution >= 0.6 is 11.6 Å². The second-order valence-electron chi connectivity index (χ2n) is 4.51. The Bertz CT molecular complexity index is 671. The van der Waals surface area contributed by atoms with E-state index < -0.39 is 0 Å². The highest BCUT2D eigenvalue weighted by Gasteiger charge is 2.12. The largest absolute Gasteiger partial charge is 0.493 e. The molecule has 1 N–H and O–H groups in total. The number of hydrogen-bond acceptors (Lipinski definition) is 3. The first-order chi connectivity index (χ1) is 10.0. The Morgan fingerprint density at radius 2 is 1.76 bits per heavy atom. The van der Waals surface area contributed by atoms with Gasteiger partial charge in [0.25, 0.3) is 5.91 Å². The first-order valence-electron chi connectivity index (χ1n) is 6.34. The van der Waals surface area contributed by atoms with E-state index in [4.69, 9.17) is 21.1 Å². The summed E-state index contributed by atoms with van der Waals surface area (Å²) in [6.45, 7) is 1.94. The van der Waals surface area contributed by atoms with Crippen LogP contribution < -0.4 is 14.8 Å². The van der Waals surface area contributed by atoms with E-state index in [1.807, 2.05) is 13.0 Å². The molecule has 0 fully saturated rings. The van der Waals surface area contributed by atoms with Gasteiger partial charge in [-0.2, -0.15) is 0 Å². The average molecular weight is 306 g/mol. The van der Waals surface area contributed by atoms with Gasteiger partial charge >= 0.3 is 0 Å². The minimum Gasteiger partial charge on any atom is -0.493 e. The fourth-order valence-electron chi connectivity index (χ4n) is 1.89. The fraction of sp³-hybridized carbons (Fsp3) is 0.188. The van der Waals surface area contributed by atoms with Crippen molar-refractivity contribution in [2.75, 3.05) is 19.5 Å². The molecule has 2 rings (SSSR count). The van der Waals surface area contributed by atoms with E-state index in [1.54, 1.807) is 37.4 Å². The Hall–Kier alpha value is -2.20. The predicted octanol–water partition coefficient (Wildman–Crippen LogP) is 3.92. The lowest BCUT2D eigenvalue weighted by atomic mass is 10.1. The molecule has 0 aromatic heterocycles. The van der Waals surface area contributed by atoms with Crippen molar-refractivity contribution in [3.63, 3.8) is 0 Å². The molecule has 4 nitrogen and oxygen atoms in total. The predicted molar refractivity (Wildman–Crippen MR) is 83.7 cm³/mol. The highest BCUT2D eigenvalue weighted by molar-refractivity contribution is 6.34. The van der Waals surface area contributed by atoms with Crippen LogP contribution in [0, 0.1) is 6.92 Å². The zero-order valence-electron chi connectivity index (χ0n) is 12.1. The van der Waals surface area contributed by atoms with E-state index in [0.29, 0.717) is 27.8 Å². The number of benzene rings is 2. The van der Waals surface area contributed by atoms with Crippen molar-refractivity contribution < 1.29 is 14.3 Å². The van der Waals surface area contributed by atoms with Gasteiger partial charge in [0.15, 0.2) is 11.5 Å². The van der Waals surface area contributed by atoms with Crippen LogP contribution in [0.25, 0.3) is 0 Å². The quantitative estimate of drug-likeness (QED) is 0.931. The molecule has 0 saturated heterocycles. The van der Waals surface area contributed by atoms with Crippen LogP contribution in [-0.4, -0.2) is 20.1 Å². The lowest BCUT2D eigenvalue weighted by Gasteiger charge is -2.11. The van der Waals surface area contributed by atoms with Gasteiger partial charge < -0.3 is 14.8 Å². The standard InChI is InChI=1S/C16H16ClNO3/c1-10-4-6-13(12(17)8-10)18-16(19)11-5-7-14(20-2)15(9-11)21-3/h4-9H,1-3H3,(H,18,19). The number of hydrogen-bond donors (Lipinski definition) is 1. The van der Waals surface area contributed by atoms with Gasteiger partial charge in [-0.15, -0.1) is 0 Å². The molecule has 0 saturated carbocycles. The summed E-state index contributed by atoms with van der Waals surface area (Å²) >= 11 is 6.11. The van der Waals surface area contributed by atoms with E-state index in [0.717, 1.165) is 5.56 Å². The van der Waals surface area contributed by atoms with Gasteiger partial charge in [-0.25, -0.2) is 0 Å². The number of amides is 1. The first kappa shape index (κ1) is 15.2. The summed E-state index contributed by atoms with van der Waals surface area (Å²) in [5.74, 6) is 0.810. The zero-order chi connectivity index (χ0) is 15.4. The van der Waals surface area contributed by atoms with Crippen LogP contribution in [-0.2, 0) is 0 Å². The smallest absolute Gasteiger partial charge is 0.255 e. The third-order valence-corrected chi connectivity index (χ3v) is 3.33. The third kappa shape index (κ3) is 3.47. The summed E-state index contributed by atoms with van der Waals surface area (Å²) < 4.78 is 10.3. The van der Waals surface area contributed by atoms with Crippen LogP contribution in [0.4, 0.5) is 5.69 Å². The summed E-state index contributed by atoms with van der Waals surface area (Å²) in [7, 11) is 3.07. The number of rotatable bonds is 4. The van der Waals surface area contributed by atoms with Gasteiger partial charge in [0.1, 0.15) is 0 Å². The van der Waals surface area contributed by atoms with E-state index in [-0.39, 0.29) is 5.91 Å². The Labute approximate surface area is 128 Å². The summed E-state index contributed by atoms with van der Waals surface area (Å²) in [6, 6.07) is 10.4. The Morgan fingerprint density at radius 3 is 2.38 bits per heavy atom. The summed E-state index contributed by atoms with van der Waals surface area (Å²) in [5, 5.41) is 3.28. The van der Waals surface area contributed by atoms with E-state index in [1.165, 1.54) is 7.11 Å². The molecule has 21 heavy (non-hydrogen) atoms. The van der Waals surface area contributed by atoms with E-state index >= 15 is 0 Å². The normalized spacial score (nSPS) is 10.1. The number of aryl methyl sites for hydroxylation is 1. The second kappa shape index (κ2) is 6.50. The molecule has 110 valence electrons. The average Bonchev–Trinajstić information content (AvgIpc) is 2.49. The van der Waals surface area contributed by atoms with Gasteiger partial charge in [0, 0.05) is 5.56 Å². The van der Waals surface area contributed by atoms with Crippen molar-refractivity contribution in [1.29, 1.82) is 0 Å². The van der Waals surface area contributed by atoms with Gasteiger partial charge in [-0.3, -0.25) is 4.79 Å². The molecule has 1 amide bonds. The Balaban J connectivity index is 2.24. The minimum atomic E-state index is -0.262. The maximum absolute atomic E-state index is 12.3. The summed E-state index contributed by atoms with van der Waals surface area (Å²) in [4.78, 5) is 12.3. The van der Waals surface area contributed by atoms with E-state index in [2.05, 4.69) is 5.32 Å². The van der Waals surface area contributed by atoms with Crippen molar-refractivity contribution in [3.8, 4) is 11.5 Å². The van der Waals surface area contributed by atoms with Gasteiger partial charge in [0.2, 0.25) is 0 Å². The van der Waals surface area contributed by atoms with Crippen molar-refractivity contribution in [2.24, 2.45) is 0 Å². The van der Waals surface area contributed by atoms with Gasteiger partial charge in [0.05, 0.1) is 24.9 Å². The SMILES string of the molecule is COc1ccc(C(=O)Nc2ccc(C)cc2Cl)cc1OC. The first-order valence-corrected chi connectivity index (χ1v) is 6.72. The lowest BCUT2D eigenvalue weighted by molar-refractivity contribution is 0.102. The number of carbonyl (C=O) groups is 1. The van der Waals surface area contributed by atoms with Crippen LogP contribution in [0.1, 0.15) is 15.9 Å². The molecule has 0 aliphatic rings. The molecule has 0 heterocycles. The van der Waals surface area contributed by atoms with Crippen LogP contribution in [0.15, 0.2) is 36.4 Å². The number of ether oxygens (including phenoxy) is 2. The molecule has 0 aliphatic carbocycles. The number of anilines is 1. The summed E-state index contributed by atoms with van der Waals surface area (Å²) in [6.07, 6.45) is 0.